The van der Waals surface area contributed by atoms with E-state index in [1.54, 1.807) is 38.3 Å². The maximum Gasteiger partial charge on any atom is 0.324 e. The lowest BCUT2D eigenvalue weighted by Crippen LogP contribution is -2.19. The fourth-order valence-electron chi connectivity index (χ4n) is 1.45. The van der Waals surface area contributed by atoms with Gasteiger partial charge in [-0.25, -0.2) is 4.79 Å². The summed E-state index contributed by atoms with van der Waals surface area (Å²) in [6.07, 6.45) is 0. The molecule has 0 unspecified atom stereocenters. The second-order valence-electron chi connectivity index (χ2n) is 3.75. The number of benzene rings is 1. The molecule has 2 N–H and O–H groups in total. The number of carbonyl (C=O) groups is 1. The Kier molecular flexibility index (Phi) is 4.06. The highest BCUT2D eigenvalue weighted by Crippen LogP contribution is 2.27. The number of hydrogen-bond donors (Lipinski definition) is 2. The first-order valence-corrected chi connectivity index (χ1v) is 6.22. The molecule has 2 amide bonds. The van der Waals surface area contributed by atoms with Crippen molar-refractivity contribution in [3.8, 4) is 5.75 Å². The zero-order valence-electron chi connectivity index (χ0n) is 10.4. The number of anilines is 2. The quantitative estimate of drug-likeness (QED) is 0.906. The molecule has 0 aliphatic heterocycles. The van der Waals surface area contributed by atoms with Crippen LogP contribution in [0.1, 0.15) is 5.76 Å². The number of ether oxygens (including phenoxy) is 1. The average molecular weight is 326 g/mol. The molecule has 0 atom stereocenters. The molecule has 0 fully saturated rings. The molecule has 0 saturated heterocycles. The van der Waals surface area contributed by atoms with Gasteiger partial charge in [0.05, 0.1) is 11.6 Å². The third-order valence-corrected chi connectivity index (χ3v) is 2.90. The SMILES string of the molecule is COc1ccc(NC(=O)Nc2cc(C)on2)cc1Br. The van der Waals surface area contributed by atoms with E-state index in [0.29, 0.717) is 23.0 Å². The van der Waals surface area contributed by atoms with Crippen molar-refractivity contribution in [2.45, 2.75) is 6.92 Å². The minimum atomic E-state index is -0.398. The first-order chi connectivity index (χ1) is 9.08. The Bertz CT molecular complexity index is 598. The molecule has 0 spiro atoms. The van der Waals surface area contributed by atoms with Gasteiger partial charge in [0.2, 0.25) is 0 Å². The number of nitrogens with one attached hydrogen (secondary N) is 2. The molecule has 1 heterocycles. The third-order valence-electron chi connectivity index (χ3n) is 2.28. The van der Waals surface area contributed by atoms with Crippen LogP contribution in [-0.2, 0) is 0 Å². The maximum atomic E-state index is 11.7. The van der Waals surface area contributed by atoms with Crippen LogP contribution >= 0.6 is 15.9 Å². The van der Waals surface area contributed by atoms with E-state index in [-0.39, 0.29) is 0 Å². The molecule has 6 nitrogen and oxygen atoms in total. The van der Waals surface area contributed by atoms with Crippen molar-refractivity contribution in [2.75, 3.05) is 17.7 Å². The summed E-state index contributed by atoms with van der Waals surface area (Å²) in [4.78, 5) is 11.7. The lowest BCUT2D eigenvalue weighted by atomic mass is 10.3. The fourth-order valence-corrected chi connectivity index (χ4v) is 1.99. The first-order valence-electron chi connectivity index (χ1n) is 5.43. The van der Waals surface area contributed by atoms with Gasteiger partial charge in [-0.1, -0.05) is 5.16 Å². The Labute approximate surface area is 118 Å². The Balaban J connectivity index is 2.00. The number of amides is 2. The van der Waals surface area contributed by atoms with Crippen LogP contribution in [0, 0.1) is 6.92 Å². The molecule has 1 aromatic heterocycles. The standard InChI is InChI=1S/C12H12BrN3O3/c1-7-5-11(16-19-7)15-12(17)14-8-3-4-10(18-2)9(13)6-8/h3-6H,1-2H3,(H2,14,15,16,17). The minimum Gasteiger partial charge on any atom is -0.496 e. The minimum absolute atomic E-state index is 0.363. The molecular formula is C12H12BrN3O3. The van der Waals surface area contributed by atoms with Gasteiger partial charge in [0.15, 0.2) is 5.82 Å². The van der Waals surface area contributed by atoms with E-state index in [0.717, 1.165) is 4.47 Å². The Morgan fingerprint density at radius 3 is 2.74 bits per heavy atom. The molecule has 19 heavy (non-hydrogen) atoms. The van der Waals surface area contributed by atoms with Gasteiger partial charge in [0.25, 0.3) is 0 Å². The summed E-state index contributed by atoms with van der Waals surface area (Å²) in [5, 5.41) is 8.90. The van der Waals surface area contributed by atoms with Crippen LogP contribution in [0.5, 0.6) is 5.75 Å². The highest BCUT2D eigenvalue weighted by molar-refractivity contribution is 9.10. The van der Waals surface area contributed by atoms with E-state index in [1.165, 1.54) is 0 Å². The number of halogens is 1. The van der Waals surface area contributed by atoms with Gasteiger partial charge >= 0.3 is 6.03 Å². The number of nitrogens with zero attached hydrogens (tertiary/aromatic N) is 1. The van der Waals surface area contributed by atoms with Crippen molar-refractivity contribution in [2.24, 2.45) is 0 Å². The van der Waals surface area contributed by atoms with Gasteiger partial charge in [-0.2, -0.15) is 0 Å². The van der Waals surface area contributed by atoms with Gasteiger partial charge < -0.3 is 14.6 Å². The van der Waals surface area contributed by atoms with E-state index < -0.39 is 6.03 Å². The topological polar surface area (TPSA) is 76.4 Å². The zero-order valence-corrected chi connectivity index (χ0v) is 11.9. The normalized spacial score (nSPS) is 10.1. The highest BCUT2D eigenvalue weighted by atomic mass is 79.9. The summed E-state index contributed by atoms with van der Waals surface area (Å²) >= 11 is 3.34. The van der Waals surface area contributed by atoms with Crippen LogP contribution < -0.4 is 15.4 Å². The van der Waals surface area contributed by atoms with Gasteiger partial charge in [0.1, 0.15) is 11.5 Å². The van der Waals surface area contributed by atoms with Crippen LogP contribution in [0.3, 0.4) is 0 Å². The lowest BCUT2D eigenvalue weighted by molar-refractivity contribution is 0.262. The number of aryl methyl sites for hydroxylation is 1. The second kappa shape index (κ2) is 5.75. The summed E-state index contributed by atoms with van der Waals surface area (Å²) < 4.78 is 10.7. The van der Waals surface area contributed by atoms with Gasteiger partial charge in [-0.3, -0.25) is 5.32 Å². The van der Waals surface area contributed by atoms with E-state index >= 15 is 0 Å². The van der Waals surface area contributed by atoms with Crippen LogP contribution in [0.15, 0.2) is 33.3 Å². The molecule has 7 heteroatoms. The molecule has 100 valence electrons. The van der Waals surface area contributed by atoms with E-state index in [2.05, 4.69) is 31.7 Å². The van der Waals surface area contributed by atoms with Crippen LogP contribution in [0.2, 0.25) is 0 Å². The van der Waals surface area contributed by atoms with E-state index in [9.17, 15) is 4.79 Å². The second-order valence-corrected chi connectivity index (χ2v) is 4.61. The maximum absolute atomic E-state index is 11.7. The number of urea groups is 1. The first kappa shape index (κ1) is 13.4. The van der Waals surface area contributed by atoms with Crippen molar-refractivity contribution in [3.05, 3.63) is 34.5 Å². The summed E-state index contributed by atoms with van der Waals surface area (Å²) in [6, 6.07) is 6.46. The van der Waals surface area contributed by atoms with Gasteiger partial charge in [-0.05, 0) is 41.1 Å². The molecule has 0 aliphatic rings. The van der Waals surface area contributed by atoms with Crippen molar-refractivity contribution in [3.63, 3.8) is 0 Å². The van der Waals surface area contributed by atoms with Crippen molar-refractivity contribution in [1.82, 2.24) is 5.16 Å². The smallest absolute Gasteiger partial charge is 0.324 e. The van der Waals surface area contributed by atoms with Gasteiger partial charge in [-0.15, -0.1) is 0 Å². The molecular weight excluding hydrogens is 314 g/mol. The van der Waals surface area contributed by atoms with E-state index in [1.807, 2.05) is 0 Å². The van der Waals surface area contributed by atoms with E-state index in [4.69, 9.17) is 9.26 Å². The summed E-state index contributed by atoms with van der Waals surface area (Å²) in [6.45, 7) is 1.75. The Morgan fingerprint density at radius 2 is 2.16 bits per heavy atom. The van der Waals surface area contributed by atoms with Crippen molar-refractivity contribution < 1.29 is 14.1 Å². The summed E-state index contributed by atoms with van der Waals surface area (Å²) in [5.41, 5.74) is 0.630. The lowest BCUT2D eigenvalue weighted by Gasteiger charge is -2.08. The number of methoxy groups -OCH3 is 1. The average Bonchev–Trinajstić information content (AvgIpc) is 2.74. The zero-order chi connectivity index (χ0) is 13.8. The monoisotopic (exact) mass is 325 g/mol. The van der Waals surface area contributed by atoms with Crippen molar-refractivity contribution in [1.29, 1.82) is 0 Å². The third kappa shape index (κ3) is 3.47. The summed E-state index contributed by atoms with van der Waals surface area (Å²) in [7, 11) is 1.58. The Morgan fingerprint density at radius 1 is 1.37 bits per heavy atom. The fraction of sp³-hybridized carbons (Fsp3) is 0.167. The molecule has 0 radical (unpaired) electrons. The molecule has 0 bridgehead atoms. The van der Waals surface area contributed by atoms with Crippen LogP contribution in [0.4, 0.5) is 16.3 Å². The molecule has 0 saturated carbocycles. The Hall–Kier alpha value is -2.02. The number of aromatic nitrogens is 1. The van der Waals surface area contributed by atoms with Gasteiger partial charge in [0, 0.05) is 11.8 Å². The molecule has 0 aliphatic carbocycles. The molecule has 2 aromatic rings. The molecule has 2 rings (SSSR count). The summed E-state index contributed by atoms with van der Waals surface area (Å²) in [5.74, 6) is 1.68. The number of carbonyl (C=O) groups excluding carboxylic acids is 1. The van der Waals surface area contributed by atoms with Crippen molar-refractivity contribution >= 4 is 33.5 Å². The van der Waals surface area contributed by atoms with Crippen LogP contribution in [-0.4, -0.2) is 18.3 Å². The predicted molar refractivity (Wildman–Crippen MR) is 74.6 cm³/mol. The predicted octanol–water partition coefficient (Wildman–Crippen LogP) is 3.40. The molecule has 1 aromatic carbocycles. The number of hydrogen-bond acceptors (Lipinski definition) is 4. The highest BCUT2D eigenvalue weighted by Gasteiger charge is 2.07. The number of rotatable bonds is 3. The van der Waals surface area contributed by atoms with Crippen LogP contribution in [0.25, 0.3) is 0 Å². The largest absolute Gasteiger partial charge is 0.496 e.